The van der Waals surface area contributed by atoms with Crippen molar-refractivity contribution in [1.82, 2.24) is 0 Å². The van der Waals surface area contributed by atoms with E-state index < -0.39 is 0 Å². The lowest BCUT2D eigenvalue weighted by Gasteiger charge is -2.25. The second-order valence-corrected chi connectivity index (χ2v) is 8.92. The van der Waals surface area contributed by atoms with Crippen LogP contribution in [0.15, 0.2) is 42.5 Å². The number of nitrogens with two attached hydrogens (primary N) is 1. The molecule has 0 amide bonds. The van der Waals surface area contributed by atoms with Gasteiger partial charge in [0.2, 0.25) is 0 Å². The van der Waals surface area contributed by atoms with E-state index in [0.717, 1.165) is 12.1 Å². The van der Waals surface area contributed by atoms with Gasteiger partial charge in [-0.1, -0.05) is 56.4 Å². The summed E-state index contributed by atoms with van der Waals surface area (Å²) < 4.78 is 0. The van der Waals surface area contributed by atoms with E-state index in [-0.39, 0.29) is 0 Å². The molecule has 0 radical (unpaired) electrons. The van der Waals surface area contributed by atoms with Crippen LogP contribution in [0.25, 0.3) is 22.3 Å². The SMILES string of the molecule is CCC1C=CC(c2c(C)c(-c3ccc(C)c(C)c3)c(N)c(C)c2C2=CC2C)=CC1. The van der Waals surface area contributed by atoms with Gasteiger partial charge in [0.05, 0.1) is 0 Å². The Bertz CT molecular complexity index is 1080. The molecule has 0 aliphatic heterocycles. The lowest BCUT2D eigenvalue weighted by molar-refractivity contribution is 0.634. The minimum Gasteiger partial charge on any atom is -0.398 e. The highest BCUT2D eigenvalue weighted by Crippen LogP contribution is 2.49. The first-order valence-electron chi connectivity index (χ1n) is 10.9. The largest absolute Gasteiger partial charge is 0.398 e. The molecule has 1 nitrogen and oxygen atoms in total. The molecule has 2 aromatic rings. The topological polar surface area (TPSA) is 26.0 Å². The van der Waals surface area contributed by atoms with Crippen LogP contribution >= 0.6 is 0 Å². The third-order valence-electron chi connectivity index (χ3n) is 6.95. The number of aryl methyl sites for hydroxylation is 2. The zero-order valence-corrected chi connectivity index (χ0v) is 18.7. The van der Waals surface area contributed by atoms with Gasteiger partial charge in [0.1, 0.15) is 0 Å². The molecule has 0 spiro atoms. The Morgan fingerprint density at radius 1 is 0.966 bits per heavy atom. The summed E-state index contributed by atoms with van der Waals surface area (Å²) in [5.41, 5.74) is 20.9. The minimum absolute atomic E-state index is 0.551. The lowest BCUT2D eigenvalue weighted by Crippen LogP contribution is -2.07. The molecule has 2 atom stereocenters. The molecule has 0 saturated heterocycles. The molecule has 0 aromatic heterocycles. The van der Waals surface area contributed by atoms with Crippen molar-refractivity contribution < 1.29 is 0 Å². The summed E-state index contributed by atoms with van der Waals surface area (Å²) in [6.07, 6.45) is 11.9. The smallest absolute Gasteiger partial charge is 0.0432 e. The van der Waals surface area contributed by atoms with Crippen molar-refractivity contribution in [2.24, 2.45) is 11.8 Å². The molecule has 2 aliphatic carbocycles. The molecule has 1 heteroatoms. The standard InChI is InChI=1S/C28H33N/c1-7-21-9-12-22(13-10-21)25-19(5)26(23-11-8-16(2)17(3)14-23)28(29)20(6)27(25)24-15-18(24)4/h8-9,11-15,18,21H,7,10,29H2,1-6H3. The maximum absolute atomic E-state index is 6.79. The van der Waals surface area contributed by atoms with Crippen LogP contribution in [0.5, 0.6) is 0 Å². The molecule has 2 aliphatic rings. The first-order chi connectivity index (χ1) is 13.8. The van der Waals surface area contributed by atoms with Gasteiger partial charge >= 0.3 is 0 Å². The molecule has 29 heavy (non-hydrogen) atoms. The van der Waals surface area contributed by atoms with Crippen molar-refractivity contribution in [1.29, 1.82) is 0 Å². The average molecular weight is 384 g/mol. The number of anilines is 1. The zero-order chi connectivity index (χ0) is 20.9. The fraction of sp³-hybridized carbons (Fsp3) is 0.357. The van der Waals surface area contributed by atoms with Crippen molar-refractivity contribution >= 4 is 16.8 Å². The number of hydrogen-bond donors (Lipinski definition) is 1. The van der Waals surface area contributed by atoms with Crippen molar-refractivity contribution in [3.05, 3.63) is 75.9 Å². The number of nitrogen functional groups attached to an aromatic ring is 1. The van der Waals surface area contributed by atoms with E-state index in [0.29, 0.717) is 11.8 Å². The predicted octanol–water partition coefficient (Wildman–Crippen LogP) is 7.57. The van der Waals surface area contributed by atoms with E-state index in [1.165, 1.54) is 62.1 Å². The molecule has 150 valence electrons. The van der Waals surface area contributed by atoms with E-state index in [9.17, 15) is 0 Å². The Morgan fingerprint density at radius 2 is 1.69 bits per heavy atom. The van der Waals surface area contributed by atoms with E-state index in [1.807, 2.05) is 0 Å². The van der Waals surface area contributed by atoms with Crippen LogP contribution in [-0.4, -0.2) is 0 Å². The van der Waals surface area contributed by atoms with Gasteiger partial charge in [-0.3, -0.25) is 0 Å². The van der Waals surface area contributed by atoms with Gasteiger partial charge in [-0.05, 0) is 102 Å². The van der Waals surface area contributed by atoms with Crippen LogP contribution in [0.1, 0.15) is 60.1 Å². The van der Waals surface area contributed by atoms with Crippen LogP contribution in [-0.2, 0) is 0 Å². The molecule has 2 N–H and O–H groups in total. The first kappa shape index (κ1) is 19.8. The van der Waals surface area contributed by atoms with Crippen LogP contribution in [0.3, 0.4) is 0 Å². The quantitative estimate of drug-likeness (QED) is 0.541. The van der Waals surface area contributed by atoms with Crippen LogP contribution in [0.2, 0.25) is 0 Å². The number of rotatable bonds is 4. The molecule has 2 aromatic carbocycles. The average Bonchev–Trinajstić information content (AvgIpc) is 3.43. The predicted molar refractivity (Wildman–Crippen MR) is 128 cm³/mol. The molecule has 0 bridgehead atoms. The van der Waals surface area contributed by atoms with Crippen LogP contribution in [0.4, 0.5) is 5.69 Å². The molecule has 2 unspecified atom stereocenters. The minimum atomic E-state index is 0.551. The van der Waals surface area contributed by atoms with Crippen LogP contribution < -0.4 is 5.73 Å². The highest BCUT2D eigenvalue weighted by atomic mass is 14.6. The van der Waals surface area contributed by atoms with Crippen molar-refractivity contribution in [2.75, 3.05) is 5.73 Å². The van der Waals surface area contributed by atoms with Gasteiger partial charge in [0, 0.05) is 11.3 Å². The van der Waals surface area contributed by atoms with E-state index in [2.05, 4.69) is 84.0 Å². The third kappa shape index (κ3) is 3.37. The molecule has 4 rings (SSSR count). The summed E-state index contributed by atoms with van der Waals surface area (Å²) in [4.78, 5) is 0. The third-order valence-corrected chi connectivity index (χ3v) is 6.95. The van der Waals surface area contributed by atoms with Gasteiger partial charge < -0.3 is 5.73 Å². The Kier molecular flexibility index (Phi) is 5.02. The second kappa shape index (κ2) is 7.37. The van der Waals surface area contributed by atoms with Crippen molar-refractivity contribution in [3.63, 3.8) is 0 Å². The summed E-state index contributed by atoms with van der Waals surface area (Å²) in [7, 11) is 0. The van der Waals surface area contributed by atoms with Crippen LogP contribution in [0, 0.1) is 39.5 Å². The molecule has 0 heterocycles. The van der Waals surface area contributed by atoms with Gasteiger partial charge in [-0.2, -0.15) is 0 Å². The Balaban J connectivity index is 1.97. The Morgan fingerprint density at radius 3 is 2.24 bits per heavy atom. The molecule has 0 saturated carbocycles. The molecular weight excluding hydrogens is 350 g/mol. The highest BCUT2D eigenvalue weighted by Gasteiger charge is 2.30. The van der Waals surface area contributed by atoms with Crippen molar-refractivity contribution in [2.45, 2.75) is 54.4 Å². The maximum Gasteiger partial charge on any atom is 0.0432 e. The lowest BCUT2D eigenvalue weighted by atomic mass is 9.80. The molecular formula is C28H33N. The highest BCUT2D eigenvalue weighted by molar-refractivity contribution is 5.99. The van der Waals surface area contributed by atoms with Gasteiger partial charge in [0.25, 0.3) is 0 Å². The fourth-order valence-corrected chi connectivity index (χ4v) is 4.70. The Labute approximate surface area is 176 Å². The summed E-state index contributed by atoms with van der Waals surface area (Å²) in [6.45, 7) is 13.4. The maximum atomic E-state index is 6.79. The van der Waals surface area contributed by atoms with E-state index >= 15 is 0 Å². The Hall–Kier alpha value is -2.54. The monoisotopic (exact) mass is 383 g/mol. The van der Waals surface area contributed by atoms with E-state index in [4.69, 9.17) is 5.73 Å². The fourth-order valence-electron chi connectivity index (χ4n) is 4.70. The number of hydrogen-bond acceptors (Lipinski definition) is 1. The van der Waals surface area contributed by atoms with Crippen molar-refractivity contribution in [3.8, 4) is 11.1 Å². The van der Waals surface area contributed by atoms with Gasteiger partial charge in [0.15, 0.2) is 0 Å². The van der Waals surface area contributed by atoms with E-state index in [1.54, 1.807) is 0 Å². The number of allylic oxidation sites excluding steroid dienone is 6. The van der Waals surface area contributed by atoms with Gasteiger partial charge in [-0.15, -0.1) is 0 Å². The summed E-state index contributed by atoms with van der Waals surface area (Å²) in [5.74, 6) is 1.21. The van der Waals surface area contributed by atoms with Gasteiger partial charge in [-0.25, -0.2) is 0 Å². The first-order valence-corrected chi connectivity index (χ1v) is 10.9. The summed E-state index contributed by atoms with van der Waals surface area (Å²) in [5, 5.41) is 0. The summed E-state index contributed by atoms with van der Waals surface area (Å²) >= 11 is 0. The molecule has 0 fully saturated rings. The second-order valence-electron chi connectivity index (χ2n) is 8.92. The normalized spacial score (nSPS) is 20.5. The summed E-state index contributed by atoms with van der Waals surface area (Å²) in [6, 6.07) is 6.72. The zero-order valence-electron chi connectivity index (χ0n) is 18.7. The number of benzene rings is 2.